The van der Waals surface area contributed by atoms with Gasteiger partial charge in [-0.15, -0.1) is 0 Å². The monoisotopic (exact) mass is 432 g/mol. The van der Waals surface area contributed by atoms with E-state index in [1.54, 1.807) is 23.1 Å². The smallest absolute Gasteiger partial charge is 0.257 e. The Labute approximate surface area is 175 Å². The maximum absolute atomic E-state index is 13.0. The standard InChI is InChI=1S/C21H24N2O6S/c1-27-18-8-6-16(12-17(18)21(24)23-9-3-2-4-10-23)30(25,26)22-13-15-5-7-19-20(11-15)29-14-28-19/h5-8,11-12,22H,2-4,9-10,13-14H2,1H3. The largest absolute Gasteiger partial charge is 0.496 e. The molecule has 0 atom stereocenters. The molecular formula is C21H24N2O6S. The molecule has 8 nitrogen and oxygen atoms in total. The minimum Gasteiger partial charge on any atom is -0.496 e. The van der Waals surface area contributed by atoms with Crippen molar-refractivity contribution >= 4 is 15.9 Å². The number of benzene rings is 2. The molecule has 9 heteroatoms. The summed E-state index contributed by atoms with van der Waals surface area (Å²) < 4.78 is 44.2. The third kappa shape index (κ3) is 4.22. The summed E-state index contributed by atoms with van der Waals surface area (Å²) in [6.45, 7) is 1.58. The van der Waals surface area contributed by atoms with Crippen LogP contribution in [0.1, 0.15) is 35.2 Å². The summed E-state index contributed by atoms with van der Waals surface area (Å²) in [5.74, 6) is 1.38. The third-order valence-electron chi connectivity index (χ3n) is 5.26. The maximum atomic E-state index is 13.0. The van der Waals surface area contributed by atoms with E-state index >= 15 is 0 Å². The van der Waals surface area contributed by atoms with Crippen LogP contribution in [0.15, 0.2) is 41.3 Å². The highest BCUT2D eigenvalue weighted by Crippen LogP contribution is 2.32. The molecule has 0 bridgehead atoms. The SMILES string of the molecule is COc1ccc(S(=O)(=O)NCc2ccc3c(c2)OCO3)cc1C(=O)N1CCCCC1. The highest BCUT2D eigenvalue weighted by molar-refractivity contribution is 7.89. The van der Waals surface area contributed by atoms with Crippen molar-refractivity contribution in [2.75, 3.05) is 27.0 Å². The van der Waals surface area contributed by atoms with E-state index in [-0.39, 0.29) is 29.7 Å². The second kappa shape index (κ2) is 8.53. The number of hydrogen-bond donors (Lipinski definition) is 1. The van der Waals surface area contributed by atoms with Gasteiger partial charge in [0.05, 0.1) is 17.6 Å². The quantitative estimate of drug-likeness (QED) is 0.754. The van der Waals surface area contributed by atoms with Crippen molar-refractivity contribution in [2.45, 2.75) is 30.7 Å². The summed E-state index contributed by atoms with van der Waals surface area (Å²) in [5.41, 5.74) is 0.992. The molecule has 0 aliphatic carbocycles. The van der Waals surface area contributed by atoms with E-state index in [4.69, 9.17) is 14.2 Å². The highest BCUT2D eigenvalue weighted by atomic mass is 32.2. The molecule has 0 radical (unpaired) electrons. The Hall–Kier alpha value is -2.78. The highest BCUT2D eigenvalue weighted by Gasteiger charge is 2.24. The van der Waals surface area contributed by atoms with Crippen LogP contribution in [0.5, 0.6) is 17.2 Å². The summed E-state index contributed by atoms with van der Waals surface area (Å²) in [6, 6.07) is 9.60. The van der Waals surface area contributed by atoms with Gasteiger partial charge in [-0.05, 0) is 55.2 Å². The van der Waals surface area contributed by atoms with Crippen molar-refractivity contribution in [1.82, 2.24) is 9.62 Å². The molecule has 1 amide bonds. The van der Waals surface area contributed by atoms with Crippen molar-refractivity contribution in [3.8, 4) is 17.2 Å². The fourth-order valence-electron chi connectivity index (χ4n) is 3.60. The van der Waals surface area contributed by atoms with Crippen LogP contribution >= 0.6 is 0 Å². The van der Waals surface area contributed by atoms with Gasteiger partial charge < -0.3 is 19.1 Å². The Kier molecular flexibility index (Phi) is 5.83. The fraction of sp³-hybridized carbons (Fsp3) is 0.381. The Morgan fingerprint density at radius 1 is 1.07 bits per heavy atom. The molecule has 0 saturated carbocycles. The second-order valence-electron chi connectivity index (χ2n) is 7.23. The number of carbonyl (C=O) groups is 1. The van der Waals surface area contributed by atoms with Gasteiger partial charge in [-0.25, -0.2) is 13.1 Å². The number of likely N-dealkylation sites (tertiary alicyclic amines) is 1. The molecule has 0 aromatic heterocycles. The van der Waals surface area contributed by atoms with Crippen LogP contribution in [0, 0.1) is 0 Å². The van der Waals surface area contributed by atoms with Crippen molar-refractivity contribution in [3.05, 3.63) is 47.5 Å². The van der Waals surface area contributed by atoms with Gasteiger partial charge in [0.15, 0.2) is 11.5 Å². The van der Waals surface area contributed by atoms with Crippen molar-refractivity contribution in [2.24, 2.45) is 0 Å². The van der Waals surface area contributed by atoms with Crippen LogP contribution in [0.3, 0.4) is 0 Å². The maximum Gasteiger partial charge on any atom is 0.257 e. The van der Waals surface area contributed by atoms with E-state index in [2.05, 4.69) is 4.72 Å². The number of carbonyl (C=O) groups excluding carboxylic acids is 1. The molecule has 2 heterocycles. The van der Waals surface area contributed by atoms with Crippen LogP contribution in [0.25, 0.3) is 0 Å². The predicted molar refractivity (Wildman–Crippen MR) is 109 cm³/mol. The van der Waals surface area contributed by atoms with Crippen molar-refractivity contribution in [1.29, 1.82) is 0 Å². The molecule has 2 aromatic rings. The van der Waals surface area contributed by atoms with E-state index < -0.39 is 10.0 Å². The average molecular weight is 432 g/mol. The Bertz CT molecular complexity index is 1050. The zero-order valence-electron chi connectivity index (χ0n) is 16.7. The number of amides is 1. The van der Waals surface area contributed by atoms with Gasteiger partial charge in [0.1, 0.15) is 5.75 Å². The average Bonchev–Trinajstić information content (AvgIpc) is 3.25. The number of nitrogens with zero attached hydrogens (tertiary/aromatic N) is 1. The zero-order valence-corrected chi connectivity index (χ0v) is 17.5. The molecule has 1 fully saturated rings. The number of hydrogen-bond acceptors (Lipinski definition) is 6. The first-order valence-electron chi connectivity index (χ1n) is 9.83. The second-order valence-corrected chi connectivity index (χ2v) is 8.99. The zero-order chi connectivity index (χ0) is 21.1. The lowest BCUT2D eigenvalue weighted by atomic mass is 10.1. The van der Waals surface area contributed by atoms with E-state index in [0.29, 0.717) is 30.3 Å². The van der Waals surface area contributed by atoms with Gasteiger partial charge in [0.2, 0.25) is 16.8 Å². The molecule has 2 aliphatic rings. The first-order chi connectivity index (χ1) is 14.5. The summed E-state index contributed by atoms with van der Waals surface area (Å²) in [7, 11) is -2.37. The number of methoxy groups -OCH3 is 1. The van der Waals surface area contributed by atoms with Crippen LogP contribution in [-0.2, 0) is 16.6 Å². The summed E-state index contributed by atoms with van der Waals surface area (Å²) >= 11 is 0. The van der Waals surface area contributed by atoms with E-state index in [9.17, 15) is 13.2 Å². The van der Waals surface area contributed by atoms with Gasteiger partial charge >= 0.3 is 0 Å². The molecule has 1 N–H and O–H groups in total. The van der Waals surface area contributed by atoms with Crippen molar-refractivity contribution in [3.63, 3.8) is 0 Å². The van der Waals surface area contributed by atoms with Crippen LogP contribution in [-0.4, -0.2) is 46.2 Å². The number of nitrogens with one attached hydrogen (secondary N) is 1. The van der Waals surface area contributed by atoms with E-state index in [0.717, 1.165) is 24.8 Å². The topological polar surface area (TPSA) is 94.2 Å². The van der Waals surface area contributed by atoms with Gasteiger partial charge in [0, 0.05) is 19.6 Å². The Morgan fingerprint density at radius 3 is 2.60 bits per heavy atom. The predicted octanol–water partition coefficient (Wildman–Crippen LogP) is 2.53. The van der Waals surface area contributed by atoms with Crippen LogP contribution in [0.4, 0.5) is 0 Å². The summed E-state index contributed by atoms with van der Waals surface area (Å²) in [5, 5.41) is 0. The number of rotatable bonds is 6. The number of sulfonamides is 1. The first-order valence-corrected chi connectivity index (χ1v) is 11.3. The first kappa shape index (κ1) is 20.5. The van der Waals surface area contributed by atoms with Crippen LogP contribution < -0.4 is 18.9 Å². The molecule has 4 rings (SSSR count). The lowest BCUT2D eigenvalue weighted by Crippen LogP contribution is -2.36. The summed E-state index contributed by atoms with van der Waals surface area (Å²) in [4.78, 5) is 14.7. The fourth-order valence-corrected chi connectivity index (χ4v) is 4.64. The van der Waals surface area contributed by atoms with Crippen LogP contribution in [0.2, 0.25) is 0 Å². The molecule has 160 valence electrons. The molecule has 1 saturated heterocycles. The Morgan fingerprint density at radius 2 is 1.83 bits per heavy atom. The minimum absolute atomic E-state index is 0.0180. The van der Waals surface area contributed by atoms with E-state index in [1.165, 1.54) is 25.3 Å². The van der Waals surface area contributed by atoms with Gasteiger partial charge in [-0.2, -0.15) is 0 Å². The number of fused-ring (bicyclic) bond motifs is 1. The molecule has 30 heavy (non-hydrogen) atoms. The van der Waals surface area contributed by atoms with E-state index in [1.807, 2.05) is 0 Å². The summed E-state index contributed by atoms with van der Waals surface area (Å²) in [6.07, 6.45) is 2.99. The number of ether oxygens (including phenoxy) is 3. The van der Waals surface area contributed by atoms with Crippen molar-refractivity contribution < 1.29 is 27.4 Å². The lowest BCUT2D eigenvalue weighted by molar-refractivity contribution is 0.0720. The normalized spacial score (nSPS) is 15.8. The molecule has 0 spiro atoms. The molecular weight excluding hydrogens is 408 g/mol. The third-order valence-corrected chi connectivity index (χ3v) is 6.66. The van der Waals surface area contributed by atoms with Gasteiger partial charge in [-0.1, -0.05) is 6.07 Å². The van der Waals surface area contributed by atoms with Gasteiger partial charge in [-0.3, -0.25) is 4.79 Å². The number of piperidine rings is 1. The molecule has 2 aromatic carbocycles. The lowest BCUT2D eigenvalue weighted by Gasteiger charge is -2.27. The molecule has 2 aliphatic heterocycles. The minimum atomic E-state index is -3.83. The molecule has 0 unspecified atom stereocenters. The Balaban J connectivity index is 1.53. The van der Waals surface area contributed by atoms with Gasteiger partial charge in [0.25, 0.3) is 5.91 Å².